The molecule has 1 amide bonds. The van der Waals surface area contributed by atoms with E-state index in [0.29, 0.717) is 25.4 Å². The predicted molar refractivity (Wildman–Crippen MR) is 78.2 cm³/mol. The van der Waals surface area contributed by atoms with Gasteiger partial charge >= 0.3 is 0 Å². The maximum atomic E-state index is 12.6. The van der Waals surface area contributed by atoms with E-state index in [1.165, 1.54) is 0 Å². The summed E-state index contributed by atoms with van der Waals surface area (Å²) in [6, 6.07) is 7.45. The van der Waals surface area contributed by atoms with Crippen molar-refractivity contribution in [2.24, 2.45) is 5.92 Å². The van der Waals surface area contributed by atoms with Crippen LogP contribution in [0.2, 0.25) is 0 Å². The molecule has 0 aromatic carbocycles. The summed E-state index contributed by atoms with van der Waals surface area (Å²) in [4.78, 5) is 14.4. The Morgan fingerprint density at radius 2 is 1.81 bits per heavy atom. The minimum Gasteiger partial charge on any atom is -0.467 e. The zero-order valence-corrected chi connectivity index (χ0v) is 11.9. The van der Waals surface area contributed by atoms with Gasteiger partial charge < -0.3 is 13.7 Å². The third kappa shape index (κ3) is 3.66. The van der Waals surface area contributed by atoms with E-state index in [-0.39, 0.29) is 5.91 Å². The molecule has 1 aliphatic rings. The molecule has 0 N–H and O–H groups in total. The molecule has 1 unspecified atom stereocenters. The van der Waals surface area contributed by atoms with Gasteiger partial charge in [-0.25, -0.2) is 0 Å². The number of furan rings is 2. The lowest BCUT2D eigenvalue weighted by Gasteiger charge is -2.22. The quantitative estimate of drug-likeness (QED) is 0.759. The number of hydrogen-bond acceptors (Lipinski definition) is 3. The molecule has 3 rings (SSSR count). The predicted octanol–water partition coefficient (Wildman–Crippen LogP) is 3.76. The summed E-state index contributed by atoms with van der Waals surface area (Å²) < 4.78 is 10.7. The molecule has 2 aromatic heterocycles. The Labute approximate surface area is 124 Å². The fourth-order valence-corrected chi connectivity index (χ4v) is 2.63. The highest BCUT2D eigenvalue weighted by Crippen LogP contribution is 2.22. The first-order valence-electron chi connectivity index (χ1n) is 7.30. The van der Waals surface area contributed by atoms with Crippen molar-refractivity contribution in [2.75, 3.05) is 0 Å². The van der Waals surface area contributed by atoms with Crippen molar-refractivity contribution >= 4 is 5.91 Å². The van der Waals surface area contributed by atoms with Crippen molar-refractivity contribution in [1.29, 1.82) is 0 Å². The molecule has 0 radical (unpaired) electrons. The van der Waals surface area contributed by atoms with E-state index in [1.54, 1.807) is 17.4 Å². The van der Waals surface area contributed by atoms with Gasteiger partial charge in [0.05, 0.1) is 25.6 Å². The van der Waals surface area contributed by atoms with E-state index in [1.807, 2.05) is 24.3 Å². The van der Waals surface area contributed by atoms with Gasteiger partial charge in [0.1, 0.15) is 11.5 Å². The number of carbonyl (C=O) groups excluding carboxylic acids is 1. The first-order valence-corrected chi connectivity index (χ1v) is 7.30. The Balaban J connectivity index is 1.67. The molecule has 1 aliphatic carbocycles. The van der Waals surface area contributed by atoms with Crippen LogP contribution in [0.15, 0.2) is 57.8 Å². The van der Waals surface area contributed by atoms with Crippen LogP contribution in [0.25, 0.3) is 0 Å². The van der Waals surface area contributed by atoms with Crippen LogP contribution in [0, 0.1) is 5.92 Å². The first kappa shape index (κ1) is 13.7. The third-order valence-corrected chi connectivity index (χ3v) is 3.76. The molecule has 2 heterocycles. The molecule has 4 heteroatoms. The average Bonchev–Trinajstić information content (AvgIpc) is 3.21. The summed E-state index contributed by atoms with van der Waals surface area (Å²) in [5.74, 6) is 2.08. The van der Waals surface area contributed by atoms with Gasteiger partial charge in [0, 0.05) is 6.42 Å². The van der Waals surface area contributed by atoms with Gasteiger partial charge in [-0.05, 0) is 43.0 Å². The Bertz CT molecular complexity index is 547. The molecule has 2 aromatic rings. The molecule has 110 valence electrons. The van der Waals surface area contributed by atoms with Crippen LogP contribution >= 0.6 is 0 Å². The van der Waals surface area contributed by atoms with E-state index >= 15 is 0 Å². The van der Waals surface area contributed by atoms with Crippen LogP contribution in [-0.4, -0.2) is 10.8 Å². The van der Waals surface area contributed by atoms with E-state index < -0.39 is 0 Å². The second-order valence-electron chi connectivity index (χ2n) is 5.38. The SMILES string of the molecule is O=C(CC1C=CCC1)N(Cc1ccco1)Cc1ccco1. The minimum atomic E-state index is 0.138. The van der Waals surface area contributed by atoms with Gasteiger partial charge in [-0.15, -0.1) is 0 Å². The van der Waals surface area contributed by atoms with E-state index in [4.69, 9.17) is 8.83 Å². The number of rotatable bonds is 6. The molecular formula is C17H19NO3. The number of amides is 1. The lowest BCUT2D eigenvalue weighted by Crippen LogP contribution is -2.30. The van der Waals surface area contributed by atoms with E-state index in [9.17, 15) is 4.79 Å². The topological polar surface area (TPSA) is 46.6 Å². The maximum absolute atomic E-state index is 12.6. The number of allylic oxidation sites excluding steroid dienone is 2. The molecule has 0 spiro atoms. The van der Waals surface area contributed by atoms with Crippen molar-refractivity contribution in [2.45, 2.75) is 32.4 Å². The fraction of sp³-hybridized carbons (Fsp3) is 0.353. The first-order chi connectivity index (χ1) is 10.3. The van der Waals surface area contributed by atoms with Crippen LogP contribution in [0.1, 0.15) is 30.8 Å². The highest BCUT2D eigenvalue weighted by molar-refractivity contribution is 5.76. The highest BCUT2D eigenvalue weighted by Gasteiger charge is 2.21. The van der Waals surface area contributed by atoms with Crippen molar-refractivity contribution in [3.63, 3.8) is 0 Å². The summed E-state index contributed by atoms with van der Waals surface area (Å²) in [5, 5.41) is 0. The van der Waals surface area contributed by atoms with Crippen LogP contribution < -0.4 is 0 Å². The van der Waals surface area contributed by atoms with Crippen LogP contribution in [0.4, 0.5) is 0 Å². The fourth-order valence-electron chi connectivity index (χ4n) is 2.63. The Morgan fingerprint density at radius 1 is 1.14 bits per heavy atom. The monoisotopic (exact) mass is 285 g/mol. The summed E-state index contributed by atoms with van der Waals surface area (Å²) in [6.07, 6.45) is 10.3. The van der Waals surface area contributed by atoms with Gasteiger partial charge in [-0.1, -0.05) is 12.2 Å². The number of carbonyl (C=O) groups is 1. The lowest BCUT2D eigenvalue weighted by molar-refractivity contribution is -0.133. The number of hydrogen-bond donors (Lipinski definition) is 0. The zero-order valence-electron chi connectivity index (χ0n) is 11.9. The summed E-state index contributed by atoms with van der Waals surface area (Å²) in [7, 11) is 0. The highest BCUT2D eigenvalue weighted by atomic mass is 16.3. The molecule has 0 saturated heterocycles. The normalized spacial score (nSPS) is 17.2. The van der Waals surface area contributed by atoms with Gasteiger partial charge in [-0.2, -0.15) is 0 Å². The Hall–Kier alpha value is -2.23. The second-order valence-corrected chi connectivity index (χ2v) is 5.38. The molecule has 21 heavy (non-hydrogen) atoms. The summed E-state index contributed by atoms with van der Waals surface area (Å²) >= 11 is 0. The van der Waals surface area contributed by atoms with Gasteiger partial charge in [0.15, 0.2) is 0 Å². The molecule has 0 fully saturated rings. The minimum absolute atomic E-state index is 0.138. The maximum Gasteiger partial charge on any atom is 0.223 e. The van der Waals surface area contributed by atoms with Gasteiger partial charge in [-0.3, -0.25) is 4.79 Å². The smallest absolute Gasteiger partial charge is 0.223 e. The number of nitrogens with zero attached hydrogens (tertiary/aromatic N) is 1. The molecule has 0 aliphatic heterocycles. The van der Waals surface area contributed by atoms with E-state index in [0.717, 1.165) is 24.4 Å². The summed E-state index contributed by atoms with van der Waals surface area (Å²) in [6.45, 7) is 0.950. The van der Waals surface area contributed by atoms with E-state index in [2.05, 4.69) is 12.2 Å². The van der Waals surface area contributed by atoms with Crippen LogP contribution in [0.3, 0.4) is 0 Å². The average molecular weight is 285 g/mol. The molecule has 4 nitrogen and oxygen atoms in total. The third-order valence-electron chi connectivity index (χ3n) is 3.76. The second kappa shape index (κ2) is 6.48. The van der Waals surface area contributed by atoms with Crippen LogP contribution in [0.5, 0.6) is 0 Å². The van der Waals surface area contributed by atoms with Crippen molar-refractivity contribution in [1.82, 2.24) is 4.90 Å². The van der Waals surface area contributed by atoms with Gasteiger partial charge in [0.2, 0.25) is 5.91 Å². The molecule has 0 bridgehead atoms. The van der Waals surface area contributed by atoms with Crippen molar-refractivity contribution in [3.8, 4) is 0 Å². The van der Waals surface area contributed by atoms with Crippen LogP contribution in [-0.2, 0) is 17.9 Å². The largest absolute Gasteiger partial charge is 0.467 e. The van der Waals surface area contributed by atoms with Gasteiger partial charge in [0.25, 0.3) is 0 Å². The standard InChI is InChI=1S/C17H19NO3/c19-17(11-14-5-1-2-6-14)18(12-15-7-3-9-20-15)13-16-8-4-10-21-16/h1,3-5,7-10,14H,2,6,11-13H2. The molecular weight excluding hydrogens is 266 g/mol. The zero-order chi connectivity index (χ0) is 14.5. The lowest BCUT2D eigenvalue weighted by atomic mass is 10.0. The van der Waals surface area contributed by atoms with Crippen molar-refractivity contribution in [3.05, 3.63) is 60.5 Å². The Kier molecular flexibility index (Phi) is 4.24. The van der Waals surface area contributed by atoms with Crippen molar-refractivity contribution < 1.29 is 13.6 Å². The molecule has 1 atom stereocenters. The summed E-state index contributed by atoms with van der Waals surface area (Å²) in [5.41, 5.74) is 0. The Morgan fingerprint density at radius 3 is 2.29 bits per heavy atom. The molecule has 0 saturated carbocycles.